The fourth-order valence-electron chi connectivity index (χ4n) is 1.48. The van der Waals surface area contributed by atoms with Gasteiger partial charge in [-0.05, 0) is 24.6 Å². The second kappa shape index (κ2) is 7.22. The van der Waals surface area contributed by atoms with Gasteiger partial charge in [0.15, 0.2) is 0 Å². The van der Waals surface area contributed by atoms with Gasteiger partial charge in [0.05, 0.1) is 13.7 Å². The third-order valence-electron chi connectivity index (χ3n) is 2.40. The van der Waals surface area contributed by atoms with E-state index in [2.05, 4.69) is 5.32 Å². The molecule has 0 radical (unpaired) electrons. The Hall–Kier alpha value is -1.10. The molecule has 4 nitrogen and oxygen atoms in total. The van der Waals surface area contributed by atoms with Gasteiger partial charge in [-0.2, -0.15) is 0 Å². The molecule has 0 fully saturated rings. The quantitative estimate of drug-likeness (QED) is 0.577. The molecule has 0 aliphatic rings. The maximum atomic E-state index is 8.75. The molecule has 90 valence electrons. The zero-order valence-corrected chi connectivity index (χ0v) is 9.65. The molecule has 0 aromatic heterocycles. The maximum Gasteiger partial charge on any atom is 0.122 e. The van der Waals surface area contributed by atoms with Crippen LogP contribution in [0.25, 0.3) is 0 Å². The molecule has 1 aromatic carbocycles. The third kappa shape index (κ3) is 4.18. The minimum Gasteiger partial charge on any atom is -0.496 e. The van der Waals surface area contributed by atoms with Crippen LogP contribution in [0.15, 0.2) is 24.3 Å². The van der Waals surface area contributed by atoms with Crippen molar-refractivity contribution in [2.75, 3.05) is 26.8 Å². The summed E-state index contributed by atoms with van der Waals surface area (Å²) in [6.45, 7) is 1.47. The van der Waals surface area contributed by atoms with Crippen molar-refractivity contribution in [1.82, 2.24) is 5.32 Å². The van der Waals surface area contributed by atoms with Crippen molar-refractivity contribution < 1.29 is 9.84 Å². The molecule has 1 unspecified atom stereocenters. The molecular formula is C12H20N2O2. The number of para-hydroxylation sites is 1. The van der Waals surface area contributed by atoms with Gasteiger partial charge in [0, 0.05) is 12.6 Å². The Kier molecular flexibility index (Phi) is 5.85. The van der Waals surface area contributed by atoms with Gasteiger partial charge in [-0.25, -0.2) is 0 Å². The zero-order valence-electron chi connectivity index (χ0n) is 9.65. The largest absolute Gasteiger partial charge is 0.496 e. The van der Waals surface area contributed by atoms with E-state index in [0.717, 1.165) is 18.7 Å². The maximum absolute atomic E-state index is 8.75. The summed E-state index contributed by atoms with van der Waals surface area (Å²) in [6.07, 6.45) is 0.891. The Labute approximate surface area is 96.4 Å². The number of benzene rings is 1. The van der Waals surface area contributed by atoms with Crippen molar-refractivity contribution in [2.24, 2.45) is 5.73 Å². The molecule has 4 N–H and O–H groups in total. The van der Waals surface area contributed by atoms with Gasteiger partial charge in [0.1, 0.15) is 5.75 Å². The van der Waals surface area contributed by atoms with Gasteiger partial charge in [-0.15, -0.1) is 0 Å². The smallest absolute Gasteiger partial charge is 0.122 e. The highest BCUT2D eigenvalue weighted by Crippen LogP contribution is 2.16. The number of rotatable bonds is 7. The number of aliphatic hydroxyl groups excluding tert-OH is 1. The molecule has 0 spiro atoms. The molecule has 0 bridgehead atoms. The van der Waals surface area contributed by atoms with Gasteiger partial charge >= 0.3 is 0 Å². The first kappa shape index (κ1) is 13.0. The second-order valence-corrected chi connectivity index (χ2v) is 3.71. The number of aliphatic hydroxyl groups is 1. The van der Waals surface area contributed by atoms with Gasteiger partial charge in [-0.3, -0.25) is 0 Å². The highest BCUT2D eigenvalue weighted by atomic mass is 16.5. The summed E-state index contributed by atoms with van der Waals surface area (Å²) >= 11 is 0. The van der Waals surface area contributed by atoms with E-state index >= 15 is 0 Å². The summed E-state index contributed by atoms with van der Waals surface area (Å²) in [7, 11) is 1.67. The normalized spacial score (nSPS) is 12.4. The van der Waals surface area contributed by atoms with E-state index in [-0.39, 0.29) is 12.6 Å². The molecule has 0 saturated heterocycles. The van der Waals surface area contributed by atoms with E-state index in [1.807, 2.05) is 24.3 Å². The van der Waals surface area contributed by atoms with E-state index < -0.39 is 0 Å². The lowest BCUT2D eigenvalue weighted by Crippen LogP contribution is -2.37. The topological polar surface area (TPSA) is 67.5 Å². The Balaban J connectivity index is 2.31. The van der Waals surface area contributed by atoms with E-state index in [4.69, 9.17) is 15.6 Å². The second-order valence-electron chi connectivity index (χ2n) is 3.71. The van der Waals surface area contributed by atoms with Crippen LogP contribution in [0.5, 0.6) is 5.75 Å². The number of nitrogens with one attached hydrogen (secondary N) is 1. The minimum atomic E-state index is -0.183. The molecule has 1 rings (SSSR count). The average molecular weight is 224 g/mol. The molecular weight excluding hydrogens is 204 g/mol. The van der Waals surface area contributed by atoms with Crippen molar-refractivity contribution in [3.8, 4) is 5.75 Å². The number of hydrogen-bond acceptors (Lipinski definition) is 4. The minimum absolute atomic E-state index is 0.0155. The monoisotopic (exact) mass is 224 g/mol. The van der Waals surface area contributed by atoms with Gasteiger partial charge in [0.25, 0.3) is 0 Å². The lowest BCUT2D eigenvalue weighted by molar-refractivity contribution is 0.262. The van der Waals surface area contributed by atoms with Crippen LogP contribution in [0.1, 0.15) is 5.56 Å². The van der Waals surface area contributed by atoms with Crippen LogP contribution in [0.2, 0.25) is 0 Å². The van der Waals surface area contributed by atoms with Gasteiger partial charge in [0.2, 0.25) is 0 Å². The summed E-state index contributed by atoms with van der Waals surface area (Å²) in [5.74, 6) is 0.913. The summed E-state index contributed by atoms with van der Waals surface area (Å²) in [5, 5.41) is 11.9. The molecule has 0 aliphatic heterocycles. The number of hydrogen-bond donors (Lipinski definition) is 3. The van der Waals surface area contributed by atoms with E-state index in [9.17, 15) is 0 Å². The number of nitrogens with two attached hydrogens (primary N) is 1. The lowest BCUT2D eigenvalue weighted by atomic mass is 10.1. The number of methoxy groups -OCH3 is 1. The highest BCUT2D eigenvalue weighted by molar-refractivity contribution is 5.33. The zero-order chi connectivity index (χ0) is 11.8. The SMILES string of the molecule is COc1ccccc1CCNCC(N)CO. The lowest BCUT2D eigenvalue weighted by Gasteiger charge is -2.11. The first-order valence-electron chi connectivity index (χ1n) is 5.47. The van der Waals surface area contributed by atoms with Crippen LogP contribution in [-0.2, 0) is 6.42 Å². The van der Waals surface area contributed by atoms with Gasteiger partial charge < -0.3 is 20.9 Å². The standard InChI is InChI=1S/C12H20N2O2/c1-16-12-5-3-2-4-10(12)6-7-14-8-11(13)9-15/h2-5,11,14-15H,6-9,13H2,1H3. The van der Waals surface area contributed by atoms with Crippen LogP contribution >= 0.6 is 0 Å². The van der Waals surface area contributed by atoms with E-state index in [1.165, 1.54) is 5.56 Å². The first-order chi connectivity index (χ1) is 7.77. The van der Waals surface area contributed by atoms with Crippen LogP contribution < -0.4 is 15.8 Å². The Morgan fingerprint density at radius 2 is 2.19 bits per heavy atom. The van der Waals surface area contributed by atoms with Gasteiger partial charge in [-0.1, -0.05) is 18.2 Å². The Bertz CT molecular complexity index is 305. The molecule has 0 saturated carbocycles. The van der Waals surface area contributed by atoms with E-state index in [0.29, 0.717) is 6.54 Å². The molecule has 0 amide bonds. The van der Waals surface area contributed by atoms with Crippen LogP contribution in [0.3, 0.4) is 0 Å². The van der Waals surface area contributed by atoms with Crippen molar-refractivity contribution in [3.05, 3.63) is 29.8 Å². The molecule has 0 aliphatic carbocycles. The van der Waals surface area contributed by atoms with Crippen LogP contribution in [-0.4, -0.2) is 38.0 Å². The van der Waals surface area contributed by atoms with E-state index in [1.54, 1.807) is 7.11 Å². The summed E-state index contributed by atoms with van der Waals surface area (Å²) in [5.41, 5.74) is 6.75. The molecule has 1 aromatic rings. The van der Waals surface area contributed by atoms with Crippen molar-refractivity contribution >= 4 is 0 Å². The van der Waals surface area contributed by atoms with Crippen LogP contribution in [0.4, 0.5) is 0 Å². The first-order valence-corrected chi connectivity index (χ1v) is 5.47. The van der Waals surface area contributed by atoms with Crippen molar-refractivity contribution in [1.29, 1.82) is 0 Å². The fourth-order valence-corrected chi connectivity index (χ4v) is 1.48. The highest BCUT2D eigenvalue weighted by Gasteiger charge is 2.02. The third-order valence-corrected chi connectivity index (χ3v) is 2.40. The number of ether oxygens (including phenoxy) is 1. The Morgan fingerprint density at radius 1 is 1.44 bits per heavy atom. The fraction of sp³-hybridized carbons (Fsp3) is 0.500. The average Bonchev–Trinajstić information content (AvgIpc) is 2.34. The molecule has 16 heavy (non-hydrogen) atoms. The Morgan fingerprint density at radius 3 is 2.88 bits per heavy atom. The summed E-state index contributed by atoms with van der Waals surface area (Å²) in [6, 6.07) is 7.77. The molecule has 0 heterocycles. The predicted molar refractivity (Wildman–Crippen MR) is 64.6 cm³/mol. The molecule has 4 heteroatoms. The summed E-state index contributed by atoms with van der Waals surface area (Å²) < 4.78 is 5.25. The molecule has 1 atom stereocenters. The summed E-state index contributed by atoms with van der Waals surface area (Å²) in [4.78, 5) is 0. The predicted octanol–water partition coefficient (Wildman–Crippen LogP) is 0.147. The van der Waals surface area contributed by atoms with Crippen molar-refractivity contribution in [2.45, 2.75) is 12.5 Å². The van der Waals surface area contributed by atoms with Crippen molar-refractivity contribution in [3.63, 3.8) is 0 Å². The van der Waals surface area contributed by atoms with Crippen LogP contribution in [0, 0.1) is 0 Å².